The molecule has 0 fully saturated rings. The highest BCUT2D eigenvalue weighted by molar-refractivity contribution is 6.28. The van der Waals surface area contributed by atoms with E-state index in [1.807, 2.05) is 123 Å². The van der Waals surface area contributed by atoms with E-state index in [0.29, 0.717) is 11.5 Å². The summed E-state index contributed by atoms with van der Waals surface area (Å²) < 4.78 is 6.87. The van der Waals surface area contributed by atoms with Gasteiger partial charge in [-0.3, -0.25) is 0 Å². The van der Waals surface area contributed by atoms with Crippen molar-refractivity contribution in [3.8, 4) is 0 Å². The van der Waals surface area contributed by atoms with E-state index < -0.39 is 0 Å². The number of ether oxygens (including phenoxy) is 1. The fourth-order valence-electron chi connectivity index (χ4n) is 5.50. The van der Waals surface area contributed by atoms with Crippen LogP contribution in [-0.4, -0.2) is 5.71 Å². The summed E-state index contributed by atoms with van der Waals surface area (Å²) in [6, 6.07) is 34.6. The lowest BCUT2D eigenvalue weighted by Gasteiger charge is -2.14. The highest BCUT2D eigenvalue weighted by Gasteiger charge is 2.25. The van der Waals surface area contributed by atoms with Gasteiger partial charge in [-0.25, -0.2) is 4.99 Å². The van der Waals surface area contributed by atoms with E-state index in [-0.39, 0.29) is 6.04 Å². The van der Waals surface area contributed by atoms with Crippen LogP contribution in [0.2, 0.25) is 0 Å². The quantitative estimate of drug-likeness (QED) is 0.205. The molecule has 1 atom stereocenters. The Labute approximate surface area is 272 Å². The van der Waals surface area contributed by atoms with E-state index in [9.17, 15) is 0 Å². The first-order valence-electron chi connectivity index (χ1n) is 15.5. The second-order valence-corrected chi connectivity index (χ2v) is 11.0. The normalized spacial score (nSPS) is 16.8. The van der Waals surface area contributed by atoms with Gasteiger partial charge in [0.25, 0.3) is 0 Å². The number of aliphatic imine (C=N–C) groups is 1. The zero-order valence-electron chi connectivity index (χ0n) is 26.8. The Kier molecular flexibility index (Phi) is 10.4. The summed E-state index contributed by atoms with van der Waals surface area (Å²) >= 11 is 0. The summed E-state index contributed by atoms with van der Waals surface area (Å²) in [6.45, 7) is 14.6. The predicted molar refractivity (Wildman–Crippen MR) is 196 cm³/mol. The smallest absolute Gasteiger partial charge is 0.161 e. The van der Waals surface area contributed by atoms with Crippen molar-refractivity contribution in [2.24, 2.45) is 10.7 Å². The zero-order chi connectivity index (χ0) is 32.5. The van der Waals surface area contributed by atoms with Gasteiger partial charge in [0.1, 0.15) is 11.5 Å². The third-order valence-electron chi connectivity index (χ3n) is 7.99. The van der Waals surface area contributed by atoms with Crippen LogP contribution in [0.5, 0.6) is 0 Å². The molecule has 0 bridgehead atoms. The molecule has 1 aliphatic heterocycles. The molecule has 0 aliphatic carbocycles. The summed E-state index contributed by atoms with van der Waals surface area (Å²) in [5, 5.41) is 1.93. The maximum atomic E-state index is 6.87. The Bertz CT molecular complexity index is 2020. The molecule has 5 rings (SSSR count). The number of benzene rings is 4. The van der Waals surface area contributed by atoms with E-state index >= 15 is 0 Å². The van der Waals surface area contributed by atoms with Crippen molar-refractivity contribution in [2.75, 3.05) is 0 Å². The molecule has 0 saturated carbocycles. The van der Waals surface area contributed by atoms with E-state index in [1.54, 1.807) is 6.08 Å². The minimum Gasteiger partial charge on any atom is -0.454 e. The number of hydrogen-bond acceptors (Lipinski definition) is 3. The lowest BCUT2D eigenvalue weighted by atomic mass is 9.94. The average molecular weight is 601 g/mol. The van der Waals surface area contributed by atoms with Gasteiger partial charge < -0.3 is 10.5 Å². The molecule has 228 valence electrons. The molecule has 4 aromatic carbocycles. The van der Waals surface area contributed by atoms with Crippen molar-refractivity contribution in [3.05, 3.63) is 203 Å². The molecule has 3 heteroatoms. The number of fused-ring (bicyclic) bond motifs is 1. The number of nitrogens with zero attached hydrogens (tertiary/aromatic N) is 1. The lowest BCUT2D eigenvalue weighted by molar-refractivity contribution is 0.410. The van der Waals surface area contributed by atoms with Crippen LogP contribution in [0, 0.1) is 0 Å². The van der Waals surface area contributed by atoms with Crippen LogP contribution in [0.4, 0.5) is 5.69 Å². The van der Waals surface area contributed by atoms with Gasteiger partial charge in [0, 0.05) is 16.4 Å². The predicted octanol–water partition coefficient (Wildman–Crippen LogP) is 9.03. The topological polar surface area (TPSA) is 47.6 Å². The van der Waals surface area contributed by atoms with Crippen LogP contribution in [0.25, 0.3) is 16.9 Å². The first kappa shape index (κ1) is 31.9. The first-order chi connectivity index (χ1) is 22.5. The van der Waals surface area contributed by atoms with Gasteiger partial charge in [-0.05, 0) is 72.0 Å². The van der Waals surface area contributed by atoms with Crippen LogP contribution in [0.15, 0.2) is 175 Å². The number of hydrogen-bond donors (Lipinski definition) is 1. The number of nitrogens with two attached hydrogens (primary N) is 1. The van der Waals surface area contributed by atoms with E-state index in [0.717, 1.165) is 60.8 Å². The van der Waals surface area contributed by atoms with Crippen LogP contribution in [-0.2, 0) is 4.74 Å². The molecule has 1 heterocycles. The Morgan fingerprint density at radius 2 is 1.43 bits per heavy atom. The van der Waals surface area contributed by atoms with Crippen molar-refractivity contribution in [3.63, 3.8) is 0 Å². The van der Waals surface area contributed by atoms with Gasteiger partial charge in [-0.2, -0.15) is 0 Å². The monoisotopic (exact) mass is 600 g/mol. The molecule has 3 nitrogen and oxygen atoms in total. The maximum absolute atomic E-state index is 6.87. The minimum atomic E-state index is -0.227. The summed E-state index contributed by atoms with van der Waals surface area (Å²) in [4.78, 5) is 5.29. The van der Waals surface area contributed by atoms with Gasteiger partial charge in [0.15, 0.2) is 5.76 Å². The van der Waals surface area contributed by atoms with Crippen LogP contribution < -0.4 is 16.2 Å². The second-order valence-electron chi connectivity index (χ2n) is 11.0. The molecular formula is C43H40N2O. The molecule has 1 unspecified atom stereocenters. The van der Waals surface area contributed by atoms with Crippen molar-refractivity contribution < 1.29 is 4.74 Å². The molecular weight excluding hydrogens is 560 g/mol. The van der Waals surface area contributed by atoms with Crippen molar-refractivity contribution >= 4 is 28.3 Å². The van der Waals surface area contributed by atoms with Gasteiger partial charge in [0.2, 0.25) is 0 Å². The molecule has 0 spiro atoms. The fourth-order valence-corrected chi connectivity index (χ4v) is 5.50. The maximum Gasteiger partial charge on any atom is 0.161 e. The highest BCUT2D eigenvalue weighted by Crippen LogP contribution is 2.34. The lowest BCUT2D eigenvalue weighted by Crippen LogP contribution is -2.32. The SMILES string of the molecule is C=CC1=C(/C=C\C)c2ccccc2C(=Nc2ccc(C(N)c3ccccc3)cc2)/C(=c2/cccc/c2=C(/C)C(=C)/C=C\C=C/C)O1. The van der Waals surface area contributed by atoms with Crippen molar-refractivity contribution in [1.29, 1.82) is 0 Å². The highest BCUT2D eigenvalue weighted by atomic mass is 16.5. The van der Waals surface area contributed by atoms with Crippen LogP contribution in [0.3, 0.4) is 0 Å². The van der Waals surface area contributed by atoms with Gasteiger partial charge in [-0.1, -0.05) is 141 Å². The third-order valence-corrected chi connectivity index (χ3v) is 7.99. The summed E-state index contributed by atoms with van der Waals surface area (Å²) in [7, 11) is 0. The molecule has 0 amide bonds. The summed E-state index contributed by atoms with van der Waals surface area (Å²) in [5.74, 6) is 1.31. The largest absolute Gasteiger partial charge is 0.454 e. The average Bonchev–Trinajstić information content (AvgIpc) is 3.23. The van der Waals surface area contributed by atoms with Crippen LogP contribution >= 0.6 is 0 Å². The van der Waals surface area contributed by atoms with Crippen LogP contribution in [0.1, 0.15) is 49.1 Å². The molecule has 2 N–H and O–H groups in total. The van der Waals surface area contributed by atoms with E-state index in [1.165, 1.54) is 0 Å². The molecule has 0 aromatic heterocycles. The fraction of sp³-hybridized carbons (Fsp3) is 0.0930. The van der Waals surface area contributed by atoms with E-state index in [2.05, 4.69) is 50.4 Å². The minimum absolute atomic E-state index is 0.227. The van der Waals surface area contributed by atoms with Crippen molar-refractivity contribution in [2.45, 2.75) is 26.8 Å². The first-order valence-corrected chi connectivity index (χ1v) is 15.5. The Morgan fingerprint density at radius 3 is 2.13 bits per heavy atom. The molecule has 46 heavy (non-hydrogen) atoms. The molecule has 0 radical (unpaired) electrons. The van der Waals surface area contributed by atoms with E-state index in [4.69, 9.17) is 15.5 Å². The van der Waals surface area contributed by atoms with Crippen molar-refractivity contribution in [1.82, 2.24) is 0 Å². The Morgan fingerprint density at radius 1 is 0.783 bits per heavy atom. The zero-order valence-corrected chi connectivity index (χ0v) is 26.8. The standard InChI is InChI=1S/C43H40N2O/c1-6-9-11-19-30(4)31(5)35-22-14-17-25-39(35)43-42(38-24-16-15-23-36(38)37(18-7-2)40(8-3)46-43)45-34-28-26-33(27-29-34)41(44)32-20-12-10-13-21-32/h6-29,41H,3-4,44H2,1-2,5H3/b9-6-,18-7-,19-11-,35-31+,43-39+,45-42?. The Hall–Kier alpha value is -5.51. The van der Waals surface area contributed by atoms with Gasteiger partial charge in [0.05, 0.1) is 11.7 Å². The second kappa shape index (κ2) is 15.0. The molecule has 1 aliphatic rings. The molecule has 4 aromatic rings. The van der Waals surface area contributed by atoms with Gasteiger partial charge >= 0.3 is 0 Å². The number of allylic oxidation sites excluding steroid dienone is 9. The third kappa shape index (κ3) is 6.91. The number of rotatable bonds is 8. The van der Waals surface area contributed by atoms with Gasteiger partial charge in [-0.15, -0.1) is 0 Å². The summed E-state index contributed by atoms with van der Waals surface area (Å²) in [6.07, 6.45) is 13.9. The molecule has 0 saturated heterocycles. The Balaban J connectivity index is 1.79. The summed E-state index contributed by atoms with van der Waals surface area (Å²) in [5.41, 5.74) is 15.1.